The molecule has 1 heterocycles. The lowest BCUT2D eigenvalue weighted by molar-refractivity contribution is -0.205. The van der Waals surface area contributed by atoms with Gasteiger partial charge in [0.2, 0.25) is 0 Å². The van der Waals surface area contributed by atoms with Crippen LogP contribution in [0.25, 0.3) is 0 Å². The summed E-state index contributed by atoms with van der Waals surface area (Å²) in [5, 5.41) is 0. The Morgan fingerprint density at radius 3 is 2.35 bits per heavy atom. The highest BCUT2D eigenvalue weighted by Crippen LogP contribution is 2.46. The standard InChI is InChI=1S/C17H31NO2/c1-15(2)7-9-17(13-18,10-8-15)20-14-4-11-19-16(12-14)5-3-6-16/h14H,3-13,18H2,1-2H3. The van der Waals surface area contributed by atoms with E-state index in [2.05, 4.69) is 13.8 Å². The van der Waals surface area contributed by atoms with Gasteiger partial charge in [-0.2, -0.15) is 0 Å². The minimum absolute atomic E-state index is 0.0531. The molecule has 3 nitrogen and oxygen atoms in total. The highest BCUT2D eigenvalue weighted by molar-refractivity contribution is 4.97. The van der Waals surface area contributed by atoms with Gasteiger partial charge in [-0.15, -0.1) is 0 Å². The monoisotopic (exact) mass is 281 g/mol. The molecule has 0 aromatic rings. The third-order valence-electron chi connectivity index (χ3n) is 6.02. The zero-order chi connectivity index (χ0) is 14.3. The summed E-state index contributed by atoms with van der Waals surface area (Å²) in [6.45, 7) is 6.28. The predicted molar refractivity (Wildman–Crippen MR) is 80.7 cm³/mol. The van der Waals surface area contributed by atoms with Crippen molar-refractivity contribution < 1.29 is 9.47 Å². The van der Waals surface area contributed by atoms with Gasteiger partial charge in [0.1, 0.15) is 0 Å². The quantitative estimate of drug-likeness (QED) is 0.862. The van der Waals surface area contributed by atoms with Crippen molar-refractivity contribution in [3.05, 3.63) is 0 Å². The lowest BCUT2D eigenvalue weighted by atomic mass is 9.70. The van der Waals surface area contributed by atoms with Crippen LogP contribution in [0.1, 0.15) is 71.6 Å². The molecule has 3 fully saturated rings. The first kappa shape index (κ1) is 14.8. The Hall–Kier alpha value is -0.120. The third-order valence-corrected chi connectivity index (χ3v) is 6.02. The van der Waals surface area contributed by atoms with Crippen molar-refractivity contribution >= 4 is 0 Å². The summed E-state index contributed by atoms with van der Waals surface area (Å²) in [7, 11) is 0. The van der Waals surface area contributed by atoms with E-state index in [0.29, 0.717) is 18.1 Å². The summed E-state index contributed by atoms with van der Waals surface area (Å²) in [5.74, 6) is 0. The molecule has 0 radical (unpaired) electrons. The average Bonchev–Trinajstić information content (AvgIpc) is 2.40. The van der Waals surface area contributed by atoms with Crippen molar-refractivity contribution in [1.29, 1.82) is 0 Å². The fourth-order valence-corrected chi connectivity index (χ4v) is 4.11. The number of nitrogens with two attached hydrogens (primary N) is 1. The zero-order valence-electron chi connectivity index (χ0n) is 13.2. The molecule has 0 aromatic carbocycles. The van der Waals surface area contributed by atoms with Crippen LogP contribution in [0.3, 0.4) is 0 Å². The van der Waals surface area contributed by atoms with Crippen LogP contribution in [0.5, 0.6) is 0 Å². The van der Waals surface area contributed by atoms with Gasteiger partial charge in [0.25, 0.3) is 0 Å². The van der Waals surface area contributed by atoms with Gasteiger partial charge >= 0.3 is 0 Å². The van der Waals surface area contributed by atoms with Crippen LogP contribution in [-0.2, 0) is 9.47 Å². The van der Waals surface area contributed by atoms with Crippen molar-refractivity contribution in [3.8, 4) is 0 Å². The second-order valence-corrected chi connectivity index (χ2v) is 8.17. The fourth-order valence-electron chi connectivity index (χ4n) is 4.11. The van der Waals surface area contributed by atoms with Crippen molar-refractivity contribution in [2.24, 2.45) is 11.1 Å². The molecule has 1 unspecified atom stereocenters. The van der Waals surface area contributed by atoms with Crippen molar-refractivity contribution in [1.82, 2.24) is 0 Å². The second-order valence-electron chi connectivity index (χ2n) is 8.17. The second kappa shape index (κ2) is 5.26. The van der Waals surface area contributed by atoms with E-state index in [9.17, 15) is 0 Å². The van der Waals surface area contributed by atoms with Crippen LogP contribution in [0.15, 0.2) is 0 Å². The van der Waals surface area contributed by atoms with Crippen LogP contribution in [0, 0.1) is 5.41 Å². The molecular weight excluding hydrogens is 250 g/mol. The summed E-state index contributed by atoms with van der Waals surface area (Å²) >= 11 is 0. The van der Waals surface area contributed by atoms with Gasteiger partial charge in [-0.25, -0.2) is 0 Å². The molecule has 0 amide bonds. The van der Waals surface area contributed by atoms with E-state index in [0.717, 1.165) is 32.3 Å². The molecule has 1 atom stereocenters. The SMILES string of the molecule is CC1(C)CCC(CN)(OC2CCOC3(CCC3)C2)CC1. The molecule has 0 bridgehead atoms. The van der Waals surface area contributed by atoms with Gasteiger partial charge in [0, 0.05) is 19.6 Å². The fraction of sp³-hybridized carbons (Fsp3) is 1.00. The van der Waals surface area contributed by atoms with Gasteiger partial charge in [-0.3, -0.25) is 0 Å². The smallest absolute Gasteiger partial charge is 0.0808 e. The minimum Gasteiger partial charge on any atom is -0.375 e. The Bertz CT molecular complexity index is 339. The minimum atomic E-state index is -0.0531. The highest BCUT2D eigenvalue weighted by atomic mass is 16.5. The first-order chi connectivity index (χ1) is 9.47. The van der Waals surface area contributed by atoms with Crippen LogP contribution in [0.4, 0.5) is 0 Å². The molecule has 0 aromatic heterocycles. The molecule has 2 aliphatic carbocycles. The van der Waals surface area contributed by atoms with Crippen molar-refractivity contribution in [3.63, 3.8) is 0 Å². The van der Waals surface area contributed by atoms with Gasteiger partial charge in [-0.05, 0) is 56.8 Å². The Kier molecular flexibility index (Phi) is 3.89. The van der Waals surface area contributed by atoms with E-state index in [1.165, 1.54) is 32.1 Å². The molecular formula is C17H31NO2. The molecule has 2 saturated carbocycles. The van der Waals surface area contributed by atoms with Crippen LogP contribution >= 0.6 is 0 Å². The van der Waals surface area contributed by atoms with E-state index in [1.54, 1.807) is 0 Å². The van der Waals surface area contributed by atoms with E-state index in [4.69, 9.17) is 15.2 Å². The van der Waals surface area contributed by atoms with Crippen LogP contribution < -0.4 is 5.73 Å². The van der Waals surface area contributed by atoms with E-state index in [-0.39, 0.29) is 11.2 Å². The van der Waals surface area contributed by atoms with Gasteiger partial charge in [0.05, 0.1) is 17.3 Å². The molecule has 20 heavy (non-hydrogen) atoms. The maximum Gasteiger partial charge on any atom is 0.0808 e. The first-order valence-corrected chi connectivity index (χ1v) is 8.49. The maximum atomic E-state index is 6.59. The Labute approximate surface area is 123 Å². The maximum absolute atomic E-state index is 6.59. The number of ether oxygens (including phenoxy) is 2. The summed E-state index contributed by atoms with van der Waals surface area (Å²) in [4.78, 5) is 0. The van der Waals surface area contributed by atoms with Crippen molar-refractivity contribution in [2.75, 3.05) is 13.2 Å². The lowest BCUT2D eigenvalue weighted by Gasteiger charge is -2.50. The van der Waals surface area contributed by atoms with Gasteiger partial charge in [0.15, 0.2) is 0 Å². The number of rotatable bonds is 3. The number of hydrogen-bond acceptors (Lipinski definition) is 3. The third kappa shape index (κ3) is 2.90. The largest absolute Gasteiger partial charge is 0.375 e. The molecule has 3 heteroatoms. The van der Waals surface area contributed by atoms with E-state index in [1.807, 2.05) is 0 Å². The topological polar surface area (TPSA) is 44.5 Å². The molecule has 1 saturated heterocycles. The Balaban J connectivity index is 1.60. The summed E-state index contributed by atoms with van der Waals surface area (Å²) in [6.07, 6.45) is 11.0. The van der Waals surface area contributed by atoms with Crippen LogP contribution in [0.2, 0.25) is 0 Å². The summed E-state index contributed by atoms with van der Waals surface area (Å²) in [5.41, 5.74) is 6.69. The molecule has 3 aliphatic rings. The first-order valence-electron chi connectivity index (χ1n) is 8.49. The molecule has 3 rings (SSSR count). The molecule has 1 aliphatic heterocycles. The highest BCUT2D eigenvalue weighted by Gasteiger charge is 2.46. The Morgan fingerprint density at radius 2 is 1.80 bits per heavy atom. The average molecular weight is 281 g/mol. The normalized spacial score (nSPS) is 34.6. The zero-order valence-corrected chi connectivity index (χ0v) is 13.2. The molecule has 116 valence electrons. The predicted octanol–water partition coefficient (Wildman–Crippen LogP) is 3.40. The number of hydrogen-bond donors (Lipinski definition) is 1. The summed E-state index contributed by atoms with van der Waals surface area (Å²) in [6, 6.07) is 0. The van der Waals surface area contributed by atoms with Gasteiger partial charge in [-0.1, -0.05) is 13.8 Å². The summed E-state index contributed by atoms with van der Waals surface area (Å²) < 4.78 is 12.6. The molecule has 2 N–H and O–H groups in total. The van der Waals surface area contributed by atoms with Crippen LogP contribution in [-0.4, -0.2) is 30.5 Å². The lowest BCUT2D eigenvalue weighted by Crippen LogP contribution is -2.53. The molecule has 1 spiro atoms. The van der Waals surface area contributed by atoms with Crippen molar-refractivity contribution in [2.45, 2.75) is 88.9 Å². The van der Waals surface area contributed by atoms with E-state index < -0.39 is 0 Å². The van der Waals surface area contributed by atoms with E-state index >= 15 is 0 Å². The van der Waals surface area contributed by atoms with Gasteiger partial charge < -0.3 is 15.2 Å². The Morgan fingerprint density at radius 1 is 1.10 bits per heavy atom.